The van der Waals surface area contributed by atoms with Gasteiger partial charge in [0.2, 0.25) is 0 Å². The molecule has 2 aliphatic rings. The standard InChI is InChI=1S/C45H36N2/c1-29-28-32(45-46-41-22-12-13-23-42(41)47(45)33-15-4-3-5-16-33)25-26-34(29)43-37-18-8-10-20-39(37)44(40-21-11-9-19-38(40)43)36-27-24-31-14-6-7-17-35(31)30(36)2/h3-30,34,36H,1-2H3. The number of hydrogen-bond donors (Lipinski definition) is 0. The van der Waals surface area contributed by atoms with Crippen molar-refractivity contribution in [1.82, 2.24) is 9.55 Å². The third-order valence-corrected chi connectivity index (χ3v) is 10.5. The number of aromatic nitrogens is 2. The summed E-state index contributed by atoms with van der Waals surface area (Å²) in [5.41, 5.74) is 10.1. The fraction of sp³-hybridized carbons (Fsp3) is 0.133. The smallest absolute Gasteiger partial charge is 0.145 e. The second kappa shape index (κ2) is 11.1. The first-order chi connectivity index (χ1) is 23.2. The van der Waals surface area contributed by atoms with Gasteiger partial charge >= 0.3 is 0 Å². The van der Waals surface area contributed by atoms with Crippen LogP contribution in [0.4, 0.5) is 0 Å². The van der Waals surface area contributed by atoms with Gasteiger partial charge in [-0.05, 0) is 79.9 Å². The van der Waals surface area contributed by atoms with E-state index in [4.69, 9.17) is 4.98 Å². The molecule has 0 radical (unpaired) electrons. The van der Waals surface area contributed by atoms with Gasteiger partial charge in [-0.2, -0.15) is 0 Å². The fourth-order valence-electron chi connectivity index (χ4n) is 8.30. The van der Waals surface area contributed by atoms with Crippen LogP contribution in [0.3, 0.4) is 0 Å². The Kier molecular flexibility index (Phi) is 6.57. The number of para-hydroxylation sites is 3. The summed E-state index contributed by atoms with van der Waals surface area (Å²) in [6, 6.07) is 46.1. The average Bonchev–Trinajstić information content (AvgIpc) is 3.52. The minimum atomic E-state index is 0.234. The highest BCUT2D eigenvalue weighted by Gasteiger charge is 2.30. The van der Waals surface area contributed by atoms with Crippen LogP contribution in [-0.2, 0) is 0 Å². The summed E-state index contributed by atoms with van der Waals surface area (Å²) in [6.07, 6.45) is 12.0. The molecule has 0 saturated heterocycles. The Morgan fingerprint density at radius 3 is 1.83 bits per heavy atom. The lowest BCUT2D eigenvalue weighted by atomic mass is 9.72. The van der Waals surface area contributed by atoms with Gasteiger partial charge in [0, 0.05) is 23.1 Å². The lowest BCUT2D eigenvalue weighted by molar-refractivity contribution is 0.643. The van der Waals surface area contributed by atoms with Gasteiger partial charge in [-0.25, -0.2) is 4.98 Å². The zero-order valence-electron chi connectivity index (χ0n) is 26.7. The Morgan fingerprint density at radius 1 is 0.553 bits per heavy atom. The molecule has 0 fully saturated rings. The van der Waals surface area contributed by atoms with E-state index in [-0.39, 0.29) is 11.8 Å². The van der Waals surface area contributed by atoms with E-state index in [0.717, 1.165) is 22.5 Å². The minimum Gasteiger partial charge on any atom is -0.292 e. The molecule has 2 heteroatoms. The molecular weight excluding hydrogens is 569 g/mol. The summed E-state index contributed by atoms with van der Waals surface area (Å²) in [5.74, 6) is 2.18. The van der Waals surface area contributed by atoms with E-state index < -0.39 is 0 Å². The van der Waals surface area contributed by atoms with E-state index in [1.807, 2.05) is 0 Å². The molecule has 226 valence electrons. The molecular formula is C45H36N2. The fourth-order valence-corrected chi connectivity index (χ4v) is 8.30. The van der Waals surface area contributed by atoms with E-state index in [0.29, 0.717) is 11.8 Å². The Balaban J connectivity index is 1.19. The van der Waals surface area contributed by atoms with Gasteiger partial charge in [0.1, 0.15) is 5.82 Å². The van der Waals surface area contributed by atoms with Crippen molar-refractivity contribution in [2.24, 2.45) is 5.92 Å². The quantitative estimate of drug-likeness (QED) is 0.183. The molecule has 4 unspecified atom stereocenters. The number of nitrogens with zero attached hydrogens (tertiary/aromatic N) is 2. The topological polar surface area (TPSA) is 17.8 Å². The van der Waals surface area contributed by atoms with Gasteiger partial charge in [-0.1, -0.05) is 147 Å². The molecule has 0 N–H and O–H groups in total. The summed E-state index contributed by atoms with van der Waals surface area (Å²) < 4.78 is 2.30. The second-order valence-electron chi connectivity index (χ2n) is 13.2. The summed E-state index contributed by atoms with van der Waals surface area (Å²) in [5, 5.41) is 5.44. The number of benzene rings is 6. The van der Waals surface area contributed by atoms with Crippen molar-refractivity contribution in [1.29, 1.82) is 0 Å². The molecule has 2 nitrogen and oxygen atoms in total. The highest BCUT2D eigenvalue weighted by molar-refractivity contribution is 6.07. The third kappa shape index (κ3) is 4.43. The van der Waals surface area contributed by atoms with Crippen LogP contribution in [0.5, 0.6) is 0 Å². The van der Waals surface area contributed by atoms with Crippen molar-refractivity contribution >= 4 is 44.2 Å². The van der Waals surface area contributed by atoms with Crippen LogP contribution >= 0.6 is 0 Å². The molecule has 0 amide bonds. The van der Waals surface area contributed by atoms with Crippen molar-refractivity contribution < 1.29 is 0 Å². The zero-order chi connectivity index (χ0) is 31.5. The molecule has 6 aromatic carbocycles. The van der Waals surface area contributed by atoms with Crippen LogP contribution in [0.2, 0.25) is 0 Å². The normalized spacial score (nSPS) is 20.5. The SMILES string of the molecule is CC1C=C(c2nc3ccccc3n2-c2ccccc2)C=CC1c1c2ccccc2c(C2C=Cc3ccccc3C2C)c2ccccc12. The third-order valence-electron chi connectivity index (χ3n) is 10.5. The van der Waals surface area contributed by atoms with E-state index >= 15 is 0 Å². The summed E-state index contributed by atoms with van der Waals surface area (Å²) in [6.45, 7) is 4.76. The van der Waals surface area contributed by atoms with Crippen molar-refractivity contribution in [3.8, 4) is 5.69 Å². The van der Waals surface area contributed by atoms with Gasteiger partial charge < -0.3 is 0 Å². The van der Waals surface area contributed by atoms with Crippen LogP contribution in [0.1, 0.15) is 59.7 Å². The lowest BCUT2D eigenvalue weighted by Crippen LogP contribution is -2.15. The van der Waals surface area contributed by atoms with E-state index in [9.17, 15) is 0 Å². The molecule has 1 aromatic heterocycles. The number of imidazole rings is 1. The maximum atomic E-state index is 5.17. The van der Waals surface area contributed by atoms with E-state index in [2.05, 4.69) is 176 Å². The van der Waals surface area contributed by atoms with Crippen LogP contribution in [0.25, 0.3) is 49.9 Å². The van der Waals surface area contributed by atoms with Gasteiger partial charge in [-0.15, -0.1) is 0 Å². The van der Waals surface area contributed by atoms with E-state index in [1.165, 1.54) is 49.4 Å². The molecule has 2 aliphatic carbocycles. The highest BCUT2D eigenvalue weighted by atomic mass is 15.1. The van der Waals surface area contributed by atoms with Crippen LogP contribution < -0.4 is 0 Å². The van der Waals surface area contributed by atoms with Crippen molar-refractivity contribution in [2.75, 3.05) is 0 Å². The van der Waals surface area contributed by atoms with E-state index in [1.54, 1.807) is 0 Å². The molecule has 0 saturated carbocycles. The molecule has 0 bridgehead atoms. The van der Waals surface area contributed by atoms with Crippen molar-refractivity contribution in [2.45, 2.75) is 31.6 Å². The van der Waals surface area contributed by atoms with Gasteiger partial charge in [0.15, 0.2) is 0 Å². The summed E-state index contributed by atoms with van der Waals surface area (Å²) >= 11 is 0. The molecule has 0 spiro atoms. The first kappa shape index (κ1) is 27.8. The zero-order valence-corrected chi connectivity index (χ0v) is 26.7. The number of allylic oxidation sites excluding steroid dienone is 5. The molecule has 7 aromatic rings. The Morgan fingerprint density at radius 2 is 1.13 bits per heavy atom. The average molecular weight is 605 g/mol. The number of hydrogen-bond acceptors (Lipinski definition) is 1. The first-order valence-corrected chi connectivity index (χ1v) is 16.8. The molecule has 0 aliphatic heterocycles. The predicted molar refractivity (Wildman–Crippen MR) is 198 cm³/mol. The maximum Gasteiger partial charge on any atom is 0.145 e. The van der Waals surface area contributed by atoms with Crippen molar-refractivity contribution in [3.05, 3.63) is 180 Å². The Bertz CT molecular complexity index is 2350. The van der Waals surface area contributed by atoms with Crippen molar-refractivity contribution in [3.63, 3.8) is 0 Å². The molecule has 1 heterocycles. The molecule has 4 atom stereocenters. The second-order valence-corrected chi connectivity index (χ2v) is 13.2. The van der Waals surface area contributed by atoms with Gasteiger partial charge in [-0.3, -0.25) is 4.57 Å². The van der Waals surface area contributed by atoms with Crippen LogP contribution in [-0.4, -0.2) is 9.55 Å². The summed E-state index contributed by atoms with van der Waals surface area (Å²) in [7, 11) is 0. The molecule has 47 heavy (non-hydrogen) atoms. The Labute approximate surface area is 276 Å². The maximum absolute atomic E-state index is 5.17. The highest BCUT2D eigenvalue weighted by Crippen LogP contribution is 2.49. The first-order valence-electron chi connectivity index (χ1n) is 16.8. The Hall–Kier alpha value is -5.47. The van der Waals surface area contributed by atoms with Crippen LogP contribution in [0, 0.1) is 5.92 Å². The number of fused-ring (bicyclic) bond motifs is 4. The monoisotopic (exact) mass is 604 g/mol. The largest absolute Gasteiger partial charge is 0.292 e. The van der Waals surface area contributed by atoms with Gasteiger partial charge in [0.25, 0.3) is 0 Å². The summed E-state index contributed by atoms with van der Waals surface area (Å²) in [4.78, 5) is 5.17. The van der Waals surface area contributed by atoms with Crippen LogP contribution in [0.15, 0.2) is 152 Å². The lowest BCUT2D eigenvalue weighted by Gasteiger charge is -2.32. The molecule has 9 rings (SSSR count). The van der Waals surface area contributed by atoms with Gasteiger partial charge in [0.05, 0.1) is 11.0 Å². The predicted octanol–water partition coefficient (Wildman–Crippen LogP) is 11.6. The number of rotatable bonds is 4. The minimum absolute atomic E-state index is 0.234.